The lowest BCUT2D eigenvalue weighted by molar-refractivity contribution is 0.0790. The summed E-state index contributed by atoms with van der Waals surface area (Å²) in [6.45, 7) is 4.69. The average Bonchev–Trinajstić information content (AvgIpc) is 2.97. The molecule has 0 radical (unpaired) electrons. The van der Waals surface area contributed by atoms with Crippen LogP contribution in [0.25, 0.3) is 0 Å². The molecule has 4 nitrogen and oxygen atoms in total. The zero-order valence-electron chi connectivity index (χ0n) is 10.6. The molecule has 0 unspecified atom stereocenters. The normalized spacial score (nSPS) is 10.6. The van der Waals surface area contributed by atoms with E-state index in [4.69, 9.17) is 0 Å². The Kier molecular flexibility index (Phi) is 4.08. The van der Waals surface area contributed by atoms with Crippen LogP contribution in [0.15, 0.2) is 11.4 Å². The smallest absolute Gasteiger partial charge is 0.267 e. The fraction of sp³-hybridized carbons (Fsp3) is 0.417. The van der Waals surface area contributed by atoms with Gasteiger partial charge in [-0.1, -0.05) is 11.4 Å². The minimum absolute atomic E-state index is 0.00894. The number of aromatic nitrogens is 2. The van der Waals surface area contributed by atoms with E-state index in [1.807, 2.05) is 14.0 Å². The lowest BCUT2D eigenvalue weighted by Gasteiger charge is -2.16. The van der Waals surface area contributed by atoms with E-state index in [1.165, 1.54) is 22.0 Å². The van der Waals surface area contributed by atoms with E-state index in [2.05, 4.69) is 28.0 Å². The van der Waals surface area contributed by atoms with Gasteiger partial charge in [0.1, 0.15) is 4.88 Å². The predicted octanol–water partition coefficient (Wildman–Crippen LogP) is 2.74. The van der Waals surface area contributed by atoms with Gasteiger partial charge in [0.05, 0.1) is 12.2 Å². The lowest BCUT2D eigenvalue weighted by atomic mass is 10.2. The first-order valence-electron chi connectivity index (χ1n) is 5.73. The van der Waals surface area contributed by atoms with Crippen LogP contribution in [0.2, 0.25) is 0 Å². The van der Waals surface area contributed by atoms with E-state index in [1.54, 1.807) is 16.2 Å². The molecule has 0 spiro atoms. The van der Waals surface area contributed by atoms with Crippen molar-refractivity contribution in [2.75, 3.05) is 7.05 Å². The van der Waals surface area contributed by atoms with Gasteiger partial charge in [-0.2, -0.15) is 0 Å². The van der Waals surface area contributed by atoms with E-state index < -0.39 is 0 Å². The molecule has 0 fully saturated rings. The molecular formula is C12H15N3OS2. The third-order valence-corrected chi connectivity index (χ3v) is 4.54. The summed E-state index contributed by atoms with van der Waals surface area (Å²) in [7, 11) is 1.82. The Labute approximate surface area is 114 Å². The Morgan fingerprint density at radius 1 is 1.50 bits per heavy atom. The molecule has 0 saturated heterocycles. The molecular weight excluding hydrogens is 266 g/mol. The minimum Gasteiger partial charge on any atom is -0.336 e. The van der Waals surface area contributed by atoms with Crippen molar-refractivity contribution >= 4 is 28.8 Å². The van der Waals surface area contributed by atoms with E-state index in [0.29, 0.717) is 11.4 Å². The maximum Gasteiger partial charge on any atom is 0.267 e. The highest BCUT2D eigenvalue weighted by Crippen LogP contribution is 2.20. The molecule has 0 aliphatic carbocycles. The van der Waals surface area contributed by atoms with Gasteiger partial charge in [0.25, 0.3) is 5.91 Å². The quantitative estimate of drug-likeness (QED) is 0.865. The summed E-state index contributed by atoms with van der Waals surface area (Å²) in [5.74, 6) is 0.00894. The van der Waals surface area contributed by atoms with E-state index in [9.17, 15) is 4.79 Å². The Balaban J connectivity index is 2.12. The van der Waals surface area contributed by atoms with Crippen LogP contribution in [-0.2, 0) is 13.0 Å². The lowest BCUT2D eigenvalue weighted by Crippen LogP contribution is -2.26. The van der Waals surface area contributed by atoms with Crippen LogP contribution < -0.4 is 0 Å². The van der Waals surface area contributed by atoms with Gasteiger partial charge in [0.2, 0.25) is 0 Å². The number of thiophene rings is 1. The van der Waals surface area contributed by atoms with Crippen molar-refractivity contribution in [2.24, 2.45) is 0 Å². The van der Waals surface area contributed by atoms with Crippen LogP contribution in [0, 0.1) is 6.92 Å². The van der Waals surface area contributed by atoms with Crippen LogP contribution >= 0.6 is 22.9 Å². The second-order valence-corrected chi connectivity index (χ2v) is 5.85. The molecule has 1 amide bonds. The number of carbonyl (C=O) groups is 1. The topological polar surface area (TPSA) is 46.1 Å². The van der Waals surface area contributed by atoms with Gasteiger partial charge < -0.3 is 4.90 Å². The number of hydrogen-bond acceptors (Lipinski definition) is 5. The molecule has 6 heteroatoms. The maximum absolute atomic E-state index is 12.3. The van der Waals surface area contributed by atoms with Crippen molar-refractivity contribution in [1.29, 1.82) is 0 Å². The molecule has 96 valence electrons. The Morgan fingerprint density at radius 3 is 2.89 bits per heavy atom. The summed E-state index contributed by atoms with van der Waals surface area (Å²) in [5, 5.41) is 6.03. The predicted molar refractivity (Wildman–Crippen MR) is 74.1 cm³/mol. The number of rotatable bonds is 4. The molecule has 2 aromatic rings. The van der Waals surface area contributed by atoms with Gasteiger partial charge in [-0.15, -0.1) is 16.4 Å². The first-order chi connectivity index (χ1) is 8.63. The maximum atomic E-state index is 12.3. The summed E-state index contributed by atoms with van der Waals surface area (Å²) in [6.07, 6.45) is 0.740. The first kappa shape index (κ1) is 13.2. The van der Waals surface area contributed by atoms with E-state index in [-0.39, 0.29) is 5.91 Å². The molecule has 18 heavy (non-hydrogen) atoms. The van der Waals surface area contributed by atoms with Crippen molar-refractivity contribution in [3.8, 4) is 0 Å². The highest BCUT2D eigenvalue weighted by molar-refractivity contribution is 7.10. The Morgan fingerprint density at radius 2 is 2.28 bits per heavy atom. The number of hydrogen-bond donors (Lipinski definition) is 0. The van der Waals surface area contributed by atoms with Crippen molar-refractivity contribution in [3.05, 3.63) is 32.5 Å². The van der Waals surface area contributed by atoms with Crippen LogP contribution in [0.4, 0.5) is 0 Å². The van der Waals surface area contributed by atoms with Gasteiger partial charge >= 0.3 is 0 Å². The largest absolute Gasteiger partial charge is 0.336 e. The highest BCUT2D eigenvalue weighted by Gasteiger charge is 2.19. The van der Waals surface area contributed by atoms with Crippen molar-refractivity contribution in [1.82, 2.24) is 14.5 Å². The zero-order valence-corrected chi connectivity index (χ0v) is 12.3. The Bertz CT molecular complexity index is 547. The standard InChI is InChI=1S/C12H15N3OS2/c1-4-9-11(18-14-13-9)12(16)15(3)7-10-8(2)5-6-17-10/h5-6H,4,7H2,1-3H3. The fourth-order valence-electron chi connectivity index (χ4n) is 1.63. The molecule has 0 aromatic carbocycles. The van der Waals surface area contributed by atoms with Gasteiger partial charge in [-0.25, -0.2) is 0 Å². The Hall–Kier alpha value is -1.27. The highest BCUT2D eigenvalue weighted by atomic mass is 32.1. The second-order valence-electron chi connectivity index (χ2n) is 4.09. The summed E-state index contributed by atoms with van der Waals surface area (Å²) >= 11 is 2.86. The van der Waals surface area contributed by atoms with Crippen LogP contribution in [-0.4, -0.2) is 27.4 Å². The van der Waals surface area contributed by atoms with Crippen molar-refractivity contribution in [2.45, 2.75) is 26.8 Å². The third kappa shape index (κ3) is 2.59. The second kappa shape index (κ2) is 5.58. The molecule has 2 aromatic heterocycles. The van der Waals surface area contributed by atoms with Crippen LogP contribution in [0.1, 0.15) is 32.7 Å². The first-order valence-corrected chi connectivity index (χ1v) is 7.38. The number of carbonyl (C=O) groups excluding carboxylic acids is 1. The summed E-state index contributed by atoms with van der Waals surface area (Å²) in [5.41, 5.74) is 2.03. The van der Waals surface area contributed by atoms with E-state index >= 15 is 0 Å². The van der Waals surface area contributed by atoms with Crippen LogP contribution in [0.3, 0.4) is 0 Å². The third-order valence-electron chi connectivity index (χ3n) is 2.78. The van der Waals surface area contributed by atoms with Gasteiger partial charge in [0, 0.05) is 11.9 Å². The minimum atomic E-state index is 0.00894. The summed E-state index contributed by atoms with van der Waals surface area (Å²) < 4.78 is 3.86. The monoisotopic (exact) mass is 281 g/mol. The number of aryl methyl sites for hydroxylation is 2. The number of amides is 1. The molecule has 0 aliphatic rings. The van der Waals surface area contributed by atoms with Crippen molar-refractivity contribution < 1.29 is 4.79 Å². The van der Waals surface area contributed by atoms with E-state index in [0.717, 1.165) is 12.1 Å². The zero-order chi connectivity index (χ0) is 13.1. The number of nitrogens with zero attached hydrogens (tertiary/aromatic N) is 3. The van der Waals surface area contributed by atoms with Crippen molar-refractivity contribution in [3.63, 3.8) is 0 Å². The molecule has 0 saturated carbocycles. The fourth-order valence-corrected chi connectivity index (χ4v) is 3.33. The van der Waals surface area contributed by atoms with Gasteiger partial charge in [0.15, 0.2) is 0 Å². The molecule has 2 rings (SSSR count). The summed E-state index contributed by atoms with van der Waals surface area (Å²) in [6, 6.07) is 2.07. The molecule has 0 aliphatic heterocycles. The summed E-state index contributed by atoms with van der Waals surface area (Å²) in [4.78, 5) is 15.9. The van der Waals surface area contributed by atoms with Gasteiger partial charge in [-0.3, -0.25) is 4.79 Å². The SMILES string of the molecule is CCc1nnsc1C(=O)N(C)Cc1sccc1C. The molecule has 0 bridgehead atoms. The molecule has 2 heterocycles. The average molecular weight is 281 g/mol. The van der Waals surface area contributed by atoms with Gasteiger partial charge in [-0.05, 0) is 41.9 Å². The van der Waals surface area contributed by atoms with Crippen LogP contribution in [0.5, 0.6) is 0 Å². The molecule has 0 atom stereocenters. The molecule has 0 N–H and O–H groups in total.